The summed E-state index contributed by atoms with van der Waals surface area (Å²) in [5.41, 5.74) is 1.05. The first kappa shape index (κ1) is 7.57. The lowest BCUT2D eigenvalue weighted by Crippen LogP contribution is -1.83. The average molecular weight is 155 g/mol. The first-order valence-electron chi connectivity index (χ1n) is 2.99. The van der Waals surface area contributed by atoms with Crippen LogP contribution in [-0.2, 0) is 9.94 Å². The summed E-state index contributed by atoms with van der Waals surface area (Å²) in [7, 11) is 1.66. The molecule has 3 heteroatoms. The van der Waals surface area contributed by atoms with Crippen LogP contribution in [0.4, 0.5) is 0 Å². The average Bonchev–Trinajstić information content (AvgIpc) is 2.03. The van der Waals surface area contributed by atoms with Crippen molar-refractivity contribution in [3.05, 3.63) is 30.1 Å². The van der Waals surface area contributed by atoms with E-state index < -0.39 is 0 Å². The van der Waals surface area contributed by atoms with Gasteiger partial charge < -0.3 is 4.18 Å². The van der Waals surface area contributed by atoms with Crippen molar-refractivity contribution in [3.8, 4) is 0 Å². The number of pyridine rings is 1. The van der Waals surface area contributed by atoms with Crippen molar-refractivity contribution in [1.29, 1.82) is 0 Å². The highest BCUT2D eigenvalue weighted by Crippen LogP contribution is 2.07. The van der Waals surface area contributed by atoms with Crippen molar-refractivity contribution < 1.29 is 4.18 Å². The fourth-order valence-corrected chi connectivity index (χ4v) is 1.01. The molecule has 0 unspecified atom stereocenters. The summed E-state index contributed by atoms with van der Waals surface area (Å²) in [4.78, 5) is 4.12. The third kappa shape index (κ3) is 2.37. The number of hydrogen-bond donors (Lipinski definition) is 0. The second-order valence-corrected chi connectivity index (χ2v) is 2.61. The summed E-state index contributed by atoms with van der Waals surface area (Å²) in [6, 6.07) is 5.85. The fourth-order valence-electron chi connectivity index (χ4n) is 0.603. The maximum Gasteiger partial charge on any atom is 0.0622 e. The molecular weight excluding hydrogens is 146 g/mol. The molecule has 1 aromatic rings. The molecule has 54 valence electrons. The summed E-state index contributed by atoms with van der Waals surface area (Å²) in [5, 5.41) is 0. The van der Waals surface area contributed by atoms with Crippen LogP contribution in [-0.4, -0.2) is 12.1 Å². The molecule has 0 fully saturated rings. The highest BCUT2D eigenvalue weighted by Gasteiger charge is 1.90. The van der Waals surface area contributed by atoms with E-state index >= 15 is 0 Å². The van der Waals surface area contributed by atoms with Gasteiger partial charge in [0.05, 0.1) is 18.6 Å². The van der Waals surface area contributed by atoms with Crippen LogP contribution in [0.5, 0.6) is 0 Å². The molecule has 0 aliphatic rings. The van der Waals surface area contributed by atoms with Gasteiger partial charge in [-0.3, -0.25) is 4.98 Å². The minimum absolute atomic E-state index is 0.817. The summed E-state index contributed by atoms with van der Waals surface area (Å²) < 4.78 is 4.82. The van der Waals surface area contributed by atoms with E-state index in [1.165, 1.54) is 12.0 Å². The molecule has 0 aliphatic carbocycles. The van der Waals surface area contributed by atoms with E-state index in [4.69, 9.17) is 4.18 Å². The third-order valence-electron chi connectivity index (χ3n) is 1.05. The van der Waals surface area contributed by atoms with Crippen LogP contribution >= 0.6 is 12.0 Å². The van der Waals surface area contributed by atoms with Crippen LogP contribution in [0.1, 0.15) is 5.69 Å². The number of hydrogen-bond acceptors (Lipinski definition) is 3. The van der Waals surface area contributed by atoms with Crippen molar-refractivity contribution in [2.45, 2.75) is 5.75 Å². The van der Waals surface area contributed by atoms with Gasteiger partial charge in [-0.1, -0.05) is 6.07 Å². The van der Waals surface area contributed by atoms with Crippen molar-refractivity contribution in [3.63, 3.8) is 0 Å². The highest BCUT2D eigenvalue weighted by atomic mass is 32.2. The zero-order valence-electron chi connectivity index (χ0n) is 5.78. The van der Waals surface area contributed by atoms with Crippen molar-refractivity contribution in [2.75, 3.05) is 7.11 Å². The standard InChI is InChI=1S/C7H9NOS/c1-9-10-6-7-4-2-3-5-8-7/h2-5H,6H2,1H3. The van der Waals surface area contributed by atoms with Gasteiger partial charge >= 0.3 is 0 Å². The normalized spacial score (nSPS) is 9.70. The molecule has 10 heavy (non-hydrogen) atoms. The van der Waals surface area contributed by atoms with E-state index in [-0.39, 0.29) is 0 Å². The van der Waals surface area contributed by atoms with Crippen LogP contribution < -0.4 is 0 Å². The van der Waals surface area contributed by atoms with E-state index in [0.717, 1.165) is 11.4 Å². The van der Waals surface area contributed by atoms with Gasteiger partial charge in [-0.05, 0) is 24.2 Å². The fraction of sp³-hybridized carbons (Fsp3) is 0.286. The Bertz CT molecular complexity index is 178. The predicted molar refractivity (Wildman–Crippen MR) is 42.5 cm³/mol. The lowest BCUT2D eigenvalue weighted by atomic mass is 10.4. The van der Waals surface area contributed by atoms with E-state index in [9.17, 15) is 0 Å². The Hall–Kier alpha value is -0.540. The van der Waals surface area contributed by atoms with E-state index in [2.05, 4.69) is 4.98 Å². The van der Waals surface area contributed by atoms with Crippen molar-refractivity contribution >= 4 is 12.0 Å². The van der Waals surface area contributed by atoms with Crippen molar-refractivity contribution in [2.24, 2.45) is 0 Å². The second kappa shape index (κ2) is 4.30. The molecule has 0 saturated heterocycles. The van der Waals surface area contributed by atoms with Gasteiger partial charge in [0.25, 0.3) is 0 Å². The molecule has 1 rings (SSSR count). The van der Waals surface area contributed by atoms with Gasteiger partial charge in [-0.25, -0.2) is 0 Å². The minimum atomic E-state index is 0.817. The maximum absolute atomic E-state index is 4.82. The van der Waals surface area contributed by atoms with Gasteiger partial charge in [-0.2, -0.15) is 0 Å². The Balaban J connectivity index is 2.43. The lowest BCUT2D eigenvalue weighted by molar-refractivity contribution is 0.489. The van der Waals surface area contributed by atoms with Gasteiger partial charge in [0, 0.05) is 6.20 Å². The highest BCUT2D eigenvalue weighted by molar-refractivity contribution is 7.93. The van der Waals surface area contributed by atoms with Crippen LogP contribution in [0.3, 0.4) is 0 Å². The molecule has 0 atom stereocenters. The Morgan fingerprint density at radius 2 is 2.50 bits per heavy atom. The molecular formula is C7H9NOS. The topological polar surface area (TPSA) is 22.1 Å². The Morgan fingerprint density at radius 3 is 3.10 bits per heavy atom. The molecule has 0 radical (unpaired) electrons. The number of aromatic nitrogens is 1. The smallest absolute Gasteiger partial charge is 0.0622 e. The summed E-state index contributed by atoms with van der Waals surface area (Å²) in [6.45, 7) is 0. The summed E-state index contributed by atoms with van der Waals surface area (Å²) in [6.07, 6.45) is 1.78. The molecule has 1 heterocycles. The zero-order valence-corrected chi connectivity index (χ0v) is 6.60. The Labute approximate surface area is 64.8 Å². The van der Waals surface area contributed by atoms with Gasteiger partial charge in [-0.15, -0.1) is 0 Å². The van der Waals surface area contributed by atoms with E-state index in [1.807, 2.05) is 18.2 Å². The first-order chi connectivity index (χ1) is 4.93. The van der Waals surface area contributed by atoms with Gasteiger partial charge in [0.15, 0.2) is 0 Å². The van der Waals surface area contributed by atoms with Gasteiger partial charge in [0.2, 0.25) is 0 Å². The molecule has 0 spiro atoms. The van der Waals surface area contributed by atoms with Crippen LogP contribution in [0.2, 0.25) is 0 Å². The number of rotatable bonds is 3. The molecule has 1 aromatic heterocycles. The molecule has 0 bridgehead atoms. The first-order valence-corrected chi connectivity index (χ1v) is 3.90. The minimum Gasteiger partial charge on any atom is -0.318 e. The molecule has 0 aliphatic heterocycles. The van der Waals surface area contributed by atoms with Crippen molar-refractivity contribution in [1.82, 2.24) is 4.98 Å². The molecule has 0 amide bonds. The predicted octanol–water partition coefficient (Wildman–Crippen LogP) is 1.88. The monoisotopic (exact) mass is 155 g/mol. The molecule has 2 nitrogen and oxygen atoms in total. The quantitative estimate of drug-likeness (QED) is 0.622. The largest absolute Gasteiger partial charge is 0.318 e. The molecule has 0 saturated carbocycles. The summed E-state index contributed by atoms with van der Waals surface area (Å²) >= 11 is 1.40. The number of nitrogens with zero attached hydrogens (tertiary/aromatic N) is 1. The SMILES string of the molecule is COSCc1ccccn1. The molecule has 0 aromatic carbocycles. The van der Waals surface area contributed by atoms with E-state index in [0.29, 0.717) is 0 Å². The lowest BCUT2D eigenvalue weighted by Gasteiger charge is -1.95. The van der Waals surface area contributed by atoms with Crippen LogP contribution in [0.15, 0.2) is 24.4 Å². The summed E-state index contributed by atoms with van der Waals surface area (Å²) in [5.74, 6) is 0.817. The Morgan fingerprint density at radius 1 is 1.60 bits per heavy atom. The zero-order chi connectivity index (χ0) is 7.23. The molecule has 0 N–H and O–H groups in total. The maximum atomic E-state index is 4.82. The van der Waals surface area contributed by atoms with E-state index in [1.54, 1.807) is 13.3 Å². The Kier molecular flexibility index (Phi) is 3.26. The third-order valence-corrected chi connectivity index (χ3v) is 1.70. The van der Waals surface area contributed by atoms with Gasteiger partial charge in [0.1, 0.15) is 0 Å². The van der Waals surface area contributed by atoms with Crippen LogP contribution in [0, 0.1) is 0 Å². The van der Waals surface area contributed by atoms with Crippen LogP contribution in [0.25, 0.3) is 0 Å². The second-order valence-electron chi connectivity index (χ2n) is 1.75.